The molecule has 0 bridgehead atoms. The van der Waals surface area contributed by atoms with E-state index in [9.17, 15) is 25.7 Å². The van der Waals surface area contributed by atoms with Gasteiger partial charge >= 0.3 is 0 Å². The quantitative estimate of drug-likeness (QED) is 0.542. The van der Waals surface area contributed by atoms with E-state index in [0.717, 1.165) is 5.56 Å². The largest absolute Gasteiger partial charge is 0.497 e. The molecule has 160 valence electrons. The highest BCUT2D eigenvalue weighted by Gasteiger charge is 2.44. The molecule has 8 nitrogen and oxygen atoms in total. The predicted octanol–water partition coefficient (Wildman–Crippen LogP) is 0.681. The Kier molecular flexibility index (Phi) is 6.92. The van der Waals surface area contributed by atoms with Crippen LogP contribution in [-0.4, -0.2) is 65.7 Å². The Balaban J connectivity index is 2.01. The average molecular weight is 415 g/mol. The number of ether oxygens (including phenoxy) is 3. The van der Waals surface area contributed by atoms with E-state index in [-0.39, 0.29) is 0 Å². The highest BCUT2D eigenvalue weighted by Crippen LogP contribution is 2.36. The summed E-state index contributed by atoms with van der Waals surface area (Å²) in [5.74, 6) is 1.02. The monoisotopic (exact) mass is 415 g/mol. The molecule has 0 saturated carbocycles. The van der Waals surface area contributed by atoms with Gasteiger partial charge in [0.25, 0.3) is 0 Å². The van der Waals surface area contributed by atoms with Crippen LogP contribution >= 0.6 is 0 Å². The maximum absolute atomic E-state index is 10.5. The Hall–Kier alpha value is -2.67. The SMILES string of the molecule is COc1ccc(Cc2cc([C@@H]3O[C@H](CO)[C@@H](O)[C@H](O)[C@H]3O)cc(OC)c2C#N)cc1. The van der Waals surface area contributed by atoms with Crippen LogP contribution in [0.1, 0.15) is 28.4 Å². The molecule has 2 aromatic rings. The summed E-state index contributed by atoms with van der Waals surface area (Å²) >= 11 is 0. The maximum atomic E-state index is 10.5. The molecule has 0 radical (unpaired) electrons. The molecule has 1 aliphatic rings. The Bertz CT molecular complexity index is 907. The van der Waals surface area contributed by atoms with Crippen molar-refractivity contribution in [3.05, 3.63) is 58.7 Å². The molecule has 0 aliphatic carbocycles. The molecule has 0 spiro atoms. The molecule has 5 atom stereocenters. The van der Waals surface area contributed by atoms with Crippen LogP contribution in [0.25, 0.3) is 0 Å². The van der Waals surface area contributed by atoms with Crippen molar-refractivity contribution in [2.75, 3.05) is 20.8 Å². The number of nitriles is 1. The van der Waals surface area contributed by atoms with Gasteiger partial charge in [0.05, 0.1) is 26.4 Å². The molecule has 2 aromatic carbocycles. The summed E-state index contributed by atoms with van der Waals surface area (Å²) in [7, 11) is 3.02. The number of nitrogens with zero attached hydrogens (tertiary/aromatic N) is 1. The van der Waals surface area contributed by atoms with Crippen molar-refractivity contribution < 1.29 is 34.6 Å². The third-order valence-corrected chi connectivity index (χ3v) is 5.31. The lowest BCUT2D eigenvalue weighted by molar-refractivity contribution is -0.231. The smallest absolute Gasteiger partial charge is 0.137 e. The Morgan fingerprint density at radius 1 is 1.00 bits per heavy atom. The molecule has 0 amide bonds. The third-order valence-electron chi connectivity index (χ3n) is 5.31. The van der Waals surface area contributed by atoms with Crippen LogP contribution in [0.2, 0.25) is 0 Å². The average Bonchev–Trinajstić information content (AvgIpc) is 2.77. The molecular formula is C22H25NO7. The van der Waals surface area contributed by atoms with Gasteiger partial charge in [-0.25, -0.2) is 0 Å². The highest BCUT2D eigenvalue weighted by molar-refractivity contribution is 5.53. The molecule has 0 aromatic heterocycles. The molecule has 0 unspecified atom stereocenters. The summed E-state index contributed by atoms with van der Waals surface area (Å²) in [4.78, 5) is 0. The van der Waals surface area contributed by atoms with Crippen LogP contribution in [0.5, 0.6) is 11.5 Å². The number of aliphatic hydroxyl groups excluding tert-OH is 4. The molecule has 1 saturated heterocycles. The van der Waals surface area contributed by atoms with E-state index in [2.05, 4.69) is 6.07 Å². The van der Waals surface area contributed by atoms with Gasteiger partial charge in [-0.15, -0.1) is 0 Å². The van der Waals surface area contributed by atoms with Gasteiger partial charge in [0, 0.05) is 0 Å². The standard InChI is InChI=1S/C22H25NO7/c1-28-15-5-3-12(4-6-15)7-13-8-14(9-17(29-2)16(13)10-23)22-21(27)20(26)19(25)18(11-24)30-22/h3-6,8-9,18-22,24-27H,7,11H2,1-2H3/t18-,19-,20+,21-,22+/m1/s1. The predicted molar refractivity (Wildman–Crippen MR) is 106 cm³/mol. The second-order valence-electron chi connectivity index (χ2n) is 7.14. The molecule has 3 rings (SSSR count). The minimum atomic E-state index is -1.49. The Labute approximate surface area is 174 Å². The van der Waals surface area contributed by atoms with Gasteiger partial charge in [0.2, 0.25) is 0 Å². The molecule has 4 N–H and O–H groups in total. The summed E-state index contributed by atoms with van der Waals surface area (Å²) in [6.45, 7) is -0.520. The van der Waals surface area contributed by atoms with Crippen LogP contribution in [0.3, 0.4) is 0 Å². The lowest BCUT2D eigenvalue weighted by atomic mass is 9.88. The fraction of sp³-hybridized carbons (Fsp3) is 0.409. The highest BCUT2D eigenvalue weighted by atomic mass is 16.5. The minimum absolute atomic E-state index is 0.301. The second kappa shape index (κ2) is 9.43. The number of aliphatic hydroxyl groups is 4. The molecule has 30 heavy (non-hydrogen) atoms. The lowest BCUT2D eigenvalue weighted by Gasteiger charge is -2.40. The van der Waals surface area contributed by atoms with Gasteiger partial charge in [-0.1, -0.05) is 18.2 Å². The molecule has 1 fully saturated rings. The first-order valence-electron chi connectivity index (χ1n) is 9.47. The van der Waals surface area contributed by atoms with Crippen molar-refractivity contribution in [1.82, 2.24) is 0 Å². The van der Waals surface area contributed by atoms with Crippen molar-refractivity contribution in [3.63, 3.8) is 0 Å². The van der Waals surface area contributed by atoms with Crippen LogP contribution < -0.4 is 9.47 Å². The number of benzene rings is 2. The zero-order chi connectivity index (χ0) is 21.8. The van der Waals surface area contributed by atoms with Crippen LogP contribution in [0, 0.1) is 11.3 Å². The van der Waals surface area contributed by atoms with Gasteiger partial charge in [-0.3, -0.25) is 0 Å². The third kappa shape index (κ3) is 4.26. The topological polar surface area (TPSA) is 132 Å². The maximum Gasteiger partial charge on any atom is 0.137 e. The number of hydrogen-bond acceptors (Lipinski definition) is 8. The first-order chi connectivity index (χ1) is 14.4. The van der Waals surface area contributed by atoms with Crippen molar-refractivity contribution in [3.8, 4) is 17.6 Å². The second-order valence-corrected chi connectivity index (χ2v) is 7.14. The van der Waals surface area contributed by atoms with Crippen molar-refractivity contribution in [2.45, 2.75) is 36.9 Å². The Morgan fingerprint density at radius 2 is 1.70 bits per heavy atom. The summed E-state index contributed by atoms with van der Waals surface area (Å²) < 4.78 is 16.2. The summed E-state index contributed by atoms with van der Waals surface area (Å²) in [5, 5.41) is 49.7. The van der Waals surface area contributed by atoms with Crippen molar-refractivity contribution >= 4 is 0 Å². The van der Waals surface area contributed by atoms with Crippen molar-refractivity contribution in [2.24, 2.45) is 0 Å². The normalized spacial score (nSPS) is 26.1. The molecular weight excluding hydrogens is 390 g/mol. The lowest BCUT2D eigenvalue weighted by Crippen LogP contribution is -2.55. The summed E-state index contributed by atoms with van der Waals surface area (Å²) in [5.41, 5.74) is 2.39. The molecule has 1 aliphatic heterocycles. The van der Waals surface area contributed by atoms with Crippen molar-refractivity contribution in [1.29, 1.82) is 5.26 Å². The van der Waals surface area contributed by atoms with Crippen LogP contribution in [0.15, 0.2) is 36.4 Å². The fourth-order valence-corrected chi connectivity index (χ4v) is 3.63. The van der Waals surface area contributed by atoms with E-state index >= 15 is 0 Å². The number of rotatable bonds is 6. The van der Waals surface area contributed by atoms with Gasteiger partial charge in [-0.2, -0.15) is 5.26 Å². The summed E-state index contributed by atoms with van der Waals surface area (Å²) in [6, 6.07) is 12.8. The van der Waals surface area contributed by atoms with E-state index < -0.39 is 37.1 Å². The van der Waals surface area contributed by atoms with E-state index in [1.54, 1.807) is 19.2 Å². The minimum Gasteiger partial charge on any atom is -0.497 e. The number of hydrogen-bond donors (Lipinski definition) is 4. The zero-order valence-electron chi connectivity index (χ0n) is 16.7. The van der Waals surface area contributed by atoms with Crippen LogP contribution in [0.4, 0.5) is 0 Å². The fourth-order valence-electron chi connectivity index (χ4n) is 3.63. The number of methoxy groups -OCH3 is 2. The summed E-state index contributed by atoms with van der Waals surface area (Å²) in [6.07, 6.45) is -5.99. The van der Waals surface area contributed by atoms with E-state index in [0.29, 0.717) is 34.6 Å². The first kappa shape index (κ1) is 22.0. The van der Waals surface area contributed by atoms with E-state index in [1.807, 2.05) is 24.3 Å². The Morgan fingerprint density at radius 3 is 2.27 bits per heavy atom. The van der Waals surface area contributed by atoms with Gasteiger partial charge in [-0.05, 0) is 41.3 Å². The molecule has 8 heteroatoms. The van der Waals surface area contributed by atoms with Gasteiger partial charge in [0.1, 0.15) is 48.1 Å². The van der Waals surface area contributed by atoms with Gasteiger partial charge in [0.15, 0.2) is 0 Å². The van der Waals surface area contributed by atoms with Gasteiger partial charge < -0.3 is 34.6 Å². The van der Waals surface area contributed by atoms with E-state index in [4.69, 9.17) is 14.2 Å². The van der Waals surface area contributed by atoms with Crippen LogP contribution in [-0.2, 0) is 11.2 Å². The molecule has 1 heterocycles. The zero-order valence-corrected chi connectivity index (χ0v) is 16.7. The first-order valence-corrected chi connectivity index (χ1v) is 9.47. The van der Waals surface area contributed by atoms with E-state index in [1.165, 1.54) is 7.11 Å².